The molecule has 3 rings (SSSR count). The third-order valence-electron chi connectivity index (χ3n) is 3.11. The van der Waals surface area contributed by atoms with E-state index >= 15 is 0 Å². The van der Waals surface area contributed by atoms with Crippen LogP contribution in [0.5, 0.6) is 0 Å². The van der Waals surface area contributed by atoms with Crippen LogP contribution < -0.4 is 5.32 Å². The van der Waals surface area contributed by atoms with E-state index in [-0.39, 0.29) is 5.91 Å². The quantitative estimate of drug-likeness (QED) is 0.837. The molecule has 19 heavy (non-hydrogen) atoms. The molecular formula is C13H14N4OS. The summed E-state index contributed by atoms with van der Waals surface area (Å²) in [6.45, 7) is 0. The van der Waals surface area contributed by atoms with E-state index in [1.807, 2.05) is 0 Å². The third kappa shape index (κ3) is 2.96. The van der Waals surface area contributed by atoms with Gasteiger partial charge in [0.1, 0.15) is 6.33 Å². The topological polar surface area (TPSA) is 70.7 Å². The normalized spacial score (nSPS) is 13.3. The monoisotopic (exact) mass is 274 g/mol. The Morgan fingerprint density at radius 3 is 3.11 bits per heavy atom. The Kier molecular flexibility index (Phi) is 3.50. The van der Waals surface area contributed by atoms with Gasteiger partial charge < -0.3 is 0 Å². The molecule has 0 aliphatic heterocycles. The van der Waals surface area contributed by atoms with Crippen LogP contribution in [0, 0.1) is 0 Å². The zero-order chi connectivity index (χ0) is 13.1. The molecule has 0 atom stereocenters. The number of aryl methyl sites for hydroxylation is 2. The molecule has 0 bridgehead atoms. The van der Waals surface area contributed by atoms with Gasteiger partial charge in [-0.2, -0.15) is 10.1 Å². The molecule has 98 valence electrons. The van der Waals surface area contributed by atoms with Gasteiger partial charge >= 0.3 is 0 Å². The molecule has 6 heteroatoms. The van der Waals surface area contributed by atoms with Gasteiger partial charge in [-0.1, -0.05) is 6.07 Å². The van der Waals surface area contributed by atoms with Crippen molar-refractivity contribution in [2.24, 2.45) is 0 Å². The highest BCUT2D eigenvalue weighted by molar-refractivity contribution is 8.00. The summed E-state index contributed by atoms with van der Waals surface area (Å²) in [5.74, 6) is 0.682. The number of anilines is 1. The summed E-state index contributed by atoms with van der Waals surface area (Å²) in [7, 11) is 0. The third-order valence-corrected chi connectivity index (χ3v) is 4.11. The number of carbonyl (C=O) groups excluding carboxylic acids is 1. The fourth-order valence-corrected chi connectivity index (χ4v) is 2.98. The summed E-state index contributed by atoms with van der Waals surface area (Å²) in [4.78, 5) is 16.7. The Morgan fingerprint density at radius 1 is 1.37 bits per heavy atom. The molecule has 1 aliphatic rings. The first-order chi connectivity index (χ1) is 9.31. The first kappa shape index (κ1) is 12.2. The van der Waals surface area contributed by atoms with Crippen LogP contribution in [0.25, 0.3) is 0 Å². The van der Waals surface area contributed by atoms with Crippen LogP contribution >= 0.6 is 11.8 Å². The first-order valence-electron chi connectivity index (χ1n) is 6.21. The molecule has 0 unspecified atom stereocenters. The van der Waals surface area contributed by atoms with Crippen LogP contribution in [-0.4, -0.2) is 26.8 Å². The average molecular weight is 274 g/mol. The Balaban J connectivity index is 1.56. The molecule has 0 fully saturated rings. The molecule has 1 aliphatic carbocycles. The minimum absolute atomic E-state index is 0.0813. The molecule has 5 nitrogen and oxygen atoms in total. The smallest absolute Gasteiger partial charge is 0.237 e. The van der Waals surface area contributed by atoms with Crippen molar-refractivity contribution in [2.75, 3.05) is 11.1 Å². The van der Waals surface area contributed by atoms with Crippen molar-refractivity contribution in [1.82, 2.24) is 15.2 Å². The number of aromatic nitrogens is 3. The van der Waals surface area contributed by atoms with Gasteiger partial charge in [-0.25, -0.2) is 5.10 Å². The van der Waals surface area contributed by atoms with E-state index in [2.05, 4.69) is 38.7 Å². The van der Waals surface area contributed by atoms with Crippen molar-refractivity contribution in [3.05, 3.63) is 35.7 Å². The molecule has 0 saturated heterocycles. The van der Waals surface area contributed by atoms with Crippen LogP contribution in [0.15, 0.2) is 29.4 Å². The summed E-state index contributed by atoms with van der Waals surface area (Å²) >= 11 is 1.54. The number of aromatic amines is 1. The summed E-state index contributed by atoms with van der Waals surface area (Å²) in [5, 5.41) is 8.93. The van der Waals surface area contributed by atoms with E-state index in [1.165, 1.54) is 30.3 Å². The molecule has 0 radical (unpaired) electrons. The molecule has 1 heterocycles. The van der Waals surface area contributed by atoms with Gasteiger partial charge in [0, 0.05) is 4.90 Å². The molecule has 2 N–H and O–H groups in total. The molecular weight excluding hydrogens is 260 g/mol. The largest absolute Gasteiger partial charge is 0.294 e. The van der Waals surface area contributed by atoms with Gasteiger partial charge in [0.15, 0.2) is 0 Å². The maximum absolute atomic E-state index is 11.7. The number of amides is 1. The molecule has 1 amide bonds. The number of hydrogen-bond donors (Lipinski definition) is 2. The van der Waals surface area contributed by atoms with Crippen molar-refractivity contribution in [1.29, 1.82) is 0 Å². The number of nitrogens with zero attached hydrogens (tertiary/aromatic N) is 2. The van der Waals surface area contributed by atoms with Crippen LogP contribution in [0.3, 0.4) is 0 Å². The molecule has 2 aromatic rings. The first-order valence-corrected chi connectivity index (χ1v) is 7.19. The van der Waals surface area contributed by atoms with Crippen molar-refractivity contribution >= 4 is 23.6 Å². The lowest BCUT2D eigenvalue weighted by Crippen LogP contribution is -2.15. The highest BCUT2D eigenvalue weighted by Crippen LogP contribution is 2.27. The second-order valence-corrected chi connectivity index (χ2v) is 5.50. The lowest BCUT2D eigenvalue weighted by atomic mass is 10.1. The molecule has 1 aromatic carbocycles. The maximum Gasteiger partial charge on any atom is 0.237 e. The Morgan fingerprint density at radius 2 is 2.26 bits per heavy atom. The van der Waals surface area contributed by atoms with E-state index in [0.29, 0.717) is 11.7 Å². The standard InChI is InChI=1S/C13H14N4OS/c18-12(16-13-14-8-15-17-13)7-19-11-5-4-9-2-1-3-10(9)6-11/h4-6,8H,1-3,7H2,(H2,14,15,16,17,18). The Hall–Kier alpha value is -1.82. The van der Waals surface area contributed by atoms with Crippen LogP contribution in [0.2, 0.25) is 0 Å². The fourth-order valence-electron chi connectivity index (χ4n) is 2.22. The van der Waals surface area contributed by atoms with E-state index < -0.39 is 0 Å². The van der Waals surface area contributed by atoms with Crippen molar-refractivity contribution in [3.63, 3.8) is 0 Å². The second-order valence-electron chi connectivity index (χ2n) is 4.46. The van der Waals surface area contributed by atoms with Crippen molar-refractivity contribution < 1.29 is 4.79 Å². The van der Waals surface area contributed by atoms with Gasteiger partial charge in [0.25, 0.3) is 0 Å². The van der Waals surface area contributed by atoms with E-state index in [1.54, 1.807) is 11.8 Å². The zero-order valence-electron chi connectivity index (χ0n) is 10.3. The zero-order valence-corrected chi connectivity index (χ0v) is 11.2. The summed E-state index contributed by atoms with van der Waals surface area (Å²) < 4.78 is 0. The number of benzene rings is 1. The van der Waals surface area contributed by atoms with Crippen LogP contribution in [0.1, 0.15) is 17.5 Å². The minimum Gasteiger partial charge on any atom is -0.294 e. The number of H-pyrrole nitrogens is 1. The lowest BCUT2D eigenvalue weighted by Gasteiger charge is -2.04. The summed E-state index contributed by atoms with van der Waals surface area (Å²) in [5.41, 5.74) is 2.89. The summed E-state index contributed by atoms with van der Waals surface area (Å²) in [6.07, 6.45) is 4.96. The predicted octanol–water partition coefficient (Wildman–Crippen LogP) is 2.02. The number of nitrogens with one attached hydrogen (secondary N) is 2. The number of carbonyl (C=O) groups is 1. The van der Waals surface area contributed by atoms with Crippen LogP contribution in [-0.2, 0) is 17.6 Å². The van der Waals surface area contributed by atoms with Gasteiger partial charge in [0.2, 0.25) is 11.9 Å². The number of hydrogen-bond acceptors (Lipinski definition) is 4. The second kappa shape index (κ2) is 5.44. The molecule has 0 saturated carbocycles. The van der Waals surface area contributed by atoms with Crippen molar-refractivity contribution in [3.8, 4) is 0 Å². The van der Waals surface area contributed by atoms with Crippen LogP contribution in [0.4, 0.5) is 5.95 Å². The highest BCUT2D eigenvalue weighted by Gasteiger charge is 2.11. The van der Waals surface area contributed by atoms with Gasteiger partial charge in [-0.3, -0.25) is 10.1 Å². The van der Waals surface area contributed by atoms with E-state index in [4.69, 9.17) is 0 Å². The Labute approximate surface area is 115 Å². The minimum atomic E-state index is -0.0813. The van der Waals surface area contributed by atoms with Gasteiger partial charge in [0.05, 0.1) is 5.75 Å². The molecule has 0 spiro atoms. The predicted molar refractivity (Wildman–Crippen MR) is 74.2 cm³/mol. The molecule has 1 aromatic heterocycles. The number of fused-ring (bicyclic) bond motifs is 1. The van der Waals surface area contributed by atoms with E-state index in [9.17, 15) is 4.79 Å². The lowest BCUT2D eigenvalue weighted by molar-refractivity contribution is -0.113. The fraction of sp³-hybridized carbons (Fsp3) is 0.308. The highest BCUT2D eigenvalue weighted by atomic mass is 32.2. The summed E-state index contributed by atoms with van der Waals surface area (Å²) in [6, 6.07) is 6.48. The van der Waals surface area contributed by atoms with E-state index in [0.717, 1.165) is 11.3 Å². The van der Waals surface area contributed by atoms with Gasteiger partial charge in [-0.05, 0) is 42.5 Å². The SMILES string of the molecule is O=C(CSc1ccc2c(c1)CCC2)Nc1ncn[nH]1. The van der Waals surface area contributed by atoms with Gasteiger partial charge in [-0.15, -0.1) is 11.8 Å². The average Bonchev–Trinajstić information content (AvgIpc) is 3.06. The number of thioether (sulfide) groups is 1. The Bertz CT molecular complexity index is 582. The number of rotatable bonds is 4. The van der Waals surface area contributed by atoms with Crippen molar-refractivity contribution in [2.45, 2.75) is 24.2 Å². The maximum atomic E-state index is 11.7.